The Morgan fingerprint density at radius 3 is 2.47 bits per heavy atom. The summed E-state index contributed by atoms with van der Waals surface area (Å²) in [4.78, 5) is 29.2. The van der Waals surface area contributed by atoms with Gasteiger partial charge in [0, 0.05) is 30.5 Å². The van der Waals surface area contributed by atoms with E-state index < -0.39 is 11.6 Å². The average Bonchev–Trinajstić information content (AvgIpc) is 3.36. The number of benzene rings is 2. The van der Waals surface area contributed by atoms with Gasteiger partial charge in [-0.15, -0.1) is 11.3 Å². The first-order chi connectivity index (χ1) is 17.0. The summed E-state index contributed by atoms with van der Waals surface area (Å²) in [7, 11) is 1.57. The molecule has 3 aromatic rings. The molecule has 36 heavy (non-hydrogen) atoms. The van der Waals surface area contributed by atoms with Gasteiger partial charge in [0.05, 0.1) is 26.2 Å². The van der Waals surface area contributed by atoms with E-state index in [1.807, 2.05) is 32.9 Å². The summed E-state index contributed by atoms with van der Waals surface area (Å²) in [6.45, 7) is 6.26. The Labute approximate surface area is 232 Å². The molecule has 1 N–H and O–H groups in total. The number of halogens is 3. The Morgan fingerprint density at radius 2 is 1.83 bits per heavy atom. The van der Waals surface area contributed by atoms with Crippen molar-refractivity contribution in [2.24, 2.45) is 0 Å². The van der Waals surface area contributed by atoms with Crippen LogP contribution < -0.4 is 10.1 Å². The van der Waals surface area contributed by atoms with Crippen LogP contribution in [-0.4, -0.2) is 29.6 Å². The van der Waals surface area contributed by atoms with Gasteiger partial charge < -0.3 is 14.8 Å². The van der Waals surface area contributed by atoms with E-state index in [9.17, 15) is 9.59 Å². The molecule has 1 atom stereocenters. The molecular weight excluding hydrogens is 587 g/mol. The lowest BCUT2D eigenvalue weighted by Gasteiger charge is -2.24. The van der Waals surface area contributed by atoms with Crippen molar-refractivity contribution in [2.75, 3.05) is 7.11 Å². The number of ether oxygens (including phenoxy) is 2. The minimum Gasteiger partial charge on any atom is -0.496 e. The maximum absolute atomic E-state index is 13.6. The lowest BCUT2D eigenvalue weighted by atomic mass is 9.97. The van der Waals surface area contributed by atoms with E-state index in [0.717, 1.165) is 16.0 Å². The Bertz CT molecular complexity index is 1320. The topological polar surface area (TPSA) is 67.9 Å². The third-order valence-electron chi connectivity index (χ3n) is 5.53. The third kappa shape index (κ3) is 5.83. The molecule has 0 saturated heterocycles. The fourth-order valence-corrected chi connectivity index (χ4v) is 6.37. The highest BCUT2D eigenvalue weighted by Gasteiger charge is 2.34. The zero-order valence-electron chi connectivity index (χ0n) is 20.2. The minimum absolute atomic E-state index is 0.267. The number of rotatable bonds is 5. The van der Waals surface area contributed by atoms with Crippen LogP contribution in [0.1, 0.15) is 58.1 Å². The van der Waals surface area contributed by atoms with E-state index in [0.29, 0.717) is 43.8 Å². The van der Waals surface area contributed by atoms with Crippen molar-refractivity contribution in [1.82, 2.24) is 10.2 Å². The quantitative estimate of drug-likeness (QED) is 0.323. The number of hydrogen-bond acceptors (Lipinski definition) is 5. The van der Waals surface area contributed by atoms with Crippen molar-refractivity contribution in [3.05, 3.63) is 83.4 Å². The molecule has 0 fully saturated rings. The molecule has 2 heterocycles. The molecule has 6 nitrogen and oxygen atoms in total. The number of nitrogens with one attached hydrogen (secondary N) is 1. The number of fused-ring (bicyclic) bond motifs is 1. The van der Waals surface area contributed by atoms with Crippen LogP contribution in [0.25, 0.3) is 0 Å². The van der Waals surface area contributed by atoms with Crippen LogP contribution in [0.2, 0.25) is 10.0 Å². The fourth-order valence-electron chi connectivity index (χ4n) is 3.95. The highest BCUT2D eigenvalue weighted by molar-refractivity contribution is 9.10. The largest absolute Gasteiger partial charge is 0.496 e. The second kappa shape index (κ2) is 10.6. The smallest absolute Gasteiger partial charge is 0.410 e. The van der Waals surface area contributed by atoms with Crippen molar-refractivity contribution >= 4 is 62.5 Å². The average molecular weight is 612 g/mol. The number of hydrogen-bond donors (Lipinski definition) is 1. The van der Waals surface area contributed by atoms with Crippen LogP contribution >= 0.6 is 50.5 Å². The Morgan fingerprint density at radius 1 is 1.11 bits per heavy atom. The first-order valence-electron chi connectivity index (χ1n) is 11.1. The molecule has 0 spiro atoms. The van der Waals surface area contributed by atoms with Gasteiger partial charge >= 0.3 is 6.09 Å². The van der Waals surface area contributed by atoms with Crippen molar-refractivity contribution in [3.8, 4) is 5.75 Å². The van der Waals surface area contributed by atoms with Gasteiger partial charge in [-0.2, -0.15) is 0 Å². The second-order valence-corrected chi connectivity index (χ2v) is 12.1. The van der Waals surface area contributed by atoms with Crippen molar-refractivity contribution in [1.29, 1.82) is 0 Å². The molecule has 0 saturated carbocycles. The summed E-state index contributed by atoms with van der Waals surface area (Å²) in [5.74, 6) is 0.322. The van der Waals surface area contributed by atoms with Crippen LogP contribution in [-0.2, 0) is 17.8 Å². The predicted octanol–water partition coefficient (Wildman–Crippen LogP) is 7.60. The summed E-state index contributed by atoms with van der Waals surface area (Å²) in [5, 5.41) is 4.20. The summed E-state index contributed by atoms with van der Waals surface area (Å²) >= 11 is 17.5. The molecule has 0 aliphatic carbocycles. The first kappa shape index (κ1) is 26.8. The molecule has 1 aliphatic rings. The van der Waals surface area contributed by atoms with E-state index in [2.05, 4.69) is 21.2 Å². The number of carbonyl (C=O) groups is 2. The zero-order valence-corrected chi connectivity index (χ0v) is 24.1. The van der Waals surface area contributed by atoms with Gasteiger partial charge in [0.2, 0.25) is 0 Å². The molecule has 0 bridgehead atoms. The van der Waals surface area contributed by atoms with Gasteiger partial charge in [0.1, 0.15) is 16.2 Å². The SMILES string of the molecule is COc1ccc(Cl)cc1C(NC(=O)c1sc2c(c1Br)CN(C(=O)OC(C)(C)C)C2)c1cccc(Cl)c1. The van der Waals surface area contributed by atoms with Gasteiger partial charge in [0.25, 0.3) is 5.91 Å². The molecular formula is C26H25BrCl2N2O4S. The zero-order chi connectivity index (χ0) is 26.2. The third-order valence-corrected chi connectivity index (χ3v) is 8.35. The molecule has 10 heteroatoms. The molecule has 4 rings (SSSR count). The lowest BCUT2D eigenvalue weighted by molar-refractivity contribution is 0.0242. The van der Waals surface area contributed by atoms with Gasteiger partial charge in [-0.1, -0.05) is 35.3 Å². The lowest BCUT2D eigenvalue weighted by Crippen LogP contribution is -2.33. The summed E-state index contributed by atoms with van der Waals surface area (Å²) in [6, 6.07) is 12.0. The highest BCUT2D eigenvalue weighted by Crippen LogP contribution is 2.40. The molecule has 0 radical (unpaired) electrons. The van der Waals surface area contributed by atoms with E-state index in [4.69, 9.17) is 32.7 Å². The monoisotopic (exact) mass is 610 g/mol. The molecule has 1 unspecified atom stereocenters. The van der Waals surface area contributed by atoms with E-state index >= 15 is 0 Å². The Kier molecular flexibility index (Phi) is 7.90. The number of thiophene rings is 1. The summed E-state index contributed by atoms with van der Waals surface area (Å²) < 4.78 is 11.7. The van der Waals surface area contributed by atoms with Crippen LogP contribution in [0.5, 0.6) is 5.75 Å². The molecule has 2 amide bonds. The van der Waals surface area contributed by atoms with Crippen molar-refractivity contribution < 1.29 is 19.1 Å². The second-order valence-electron chi connectivity index (χ2n) is 9.33. The van der Waals surface area contributed by atoms with E-state index in [1.54, 1.807) is 42.3 Å². The number of carbonyl (C=O) groups excluding carboxylic acids is 2. The van der Waals surface area contributed by atoms with Gasteiger partial charge in [-0.05, 0) is 72.6 Å². The molecule has 190 valence electrons. The summed E-state index contributed by atoms with van der Waals surface area (Å²) in [6.07, 6.45) is -0.377. The van der Waals surface area contributed by atoms with E-state index in [1.165, 1.54) is 11.3 Å². The summed E-state index contributed by atoms with van der Waals surface area (Å²) in [5.41, 5.74) is 1.83. The normalized spacial score (nSPS) is 13.8. The molecule has 1 aliphatic heterocycles. The van der Waals surface area contributed by atoms with Gasteiger partial charge in [-0.25, -0.2) is 4.79 Å². The predicted molar refractivity (Wildman–Crippen MR) is 146 cm³/mol. The van der Waals surface area contributed by atoms with Crippen LogP contribution in [0.3, 0.4) is 0 Å². The maximum Gasteiger partial charge on any atom is 0.410 e. The Hall–Kier alpha value is -2.26. The number of nitrogens with zero attached hydrogens (tertiary/aromatic N) is 1. The van der Waals surface area contributed by atoms with Crippen LogP contribution in [0, 0.1) is 0 Å². The highest BCUT2D eigenvalue weighted by atomic mass is 79.9. The molecule has 1 aromatic heterocycles. The van der Waals surface area contributed by atoms with E-state index in [-0.39, 0.29) is 12.0 Å². The molecule has 2 aromatic carbocycles. The Balaban J connectivity index is 1.62. The maximum atomic E-state index is 13.6. The van der Waals surface area contributed by atoms with Crippen molar-refractivity contribution in [2.45, 2.75) is 45.5 Å². The number of methoxy groups -OCH3 is 1. The van der Waals surface area contributed by atoms with Crippen LogP contribution in [0.15, 0.2) is 46.9 Å². The van der Waals surface area contributed by atoms with Gasteiger partial charge in [0.15, 0.2) is 0 Å². The first-order valence-corrected chi connectivity index (χ1v) is 13.5. The van der Waals surface area contributed by atoms with Gasteiger partial charge in [-0.3, -0.25) is 9.69 Å². The minimum atomic E-state index is -0.577. The number of amides is 2. The standard InChI is InChI=1S/C26H25BrCl2N2O4S/c1-26(2,3)35-25(33)31-12-18-20(13-31)36-23(21(18)27)24(32)30-22(14-6-5-7-15(28)10-14)17-11-16(29)8-9-19(17)34-4/h5-11,22H,12-13H2,1-4H3,(H,30,32). The fraction of sp³-hybridized carbons (Fsp3) is 0.308. The van der Waals surface area contributed by atoms with Crippen molar-refractivity contribution in [3.63, 3.8) is 0 Å². The van der Waals surface area contributed by atoms with Crippen LogP contribution in [0.4, 0.5) is 4.79 Å².